The van der Waals surface area contributed by atoms with Gasteiger partial charge in [0.15, 0.2) is 11.5 Å². The van der Waals surface area contributed by atoms with E-state index in [1.165, 1.54) is 0 Å². The number of nitrogens with one attached hydrogen (secondary N) is 1. The molecule has 0 heterocycles. The number of hydrogen-bond donors (Lipinski definition) is 1. The maximum atomic E-state index is 12.1. The summed E-state index contributed by atoms with van der Waals surface area (Å²) in [6.45, 7) is 2.56. The number of hydrogen-bond acceptors (Lipinski definition) is 4. The number of methoxy groups -OCH3 is 2. The van der Waals surface area contributed by atoms with Crippen molar-refractivity contribution in [3.63, 3.8) is 0 Å². The van der Waals surface area contributed by atoms with E-state index in [0.29, 0.717) is 30.9 Å². The van der Waals surface area contributed by atoms with Gasteiger partial charge in [-0.1, -0.05) is 6.07 Å². The molecule has 0 radical (unpaired) electrons. The quantitative estimate of drug-likeness (QED) is 0.803. The van der Waals surface area contributed by atoms with Gasteiger partial charge in [-0.15, -0.1) is 0 Å². The highest BCUT2D eigenvalue weighted by Crippen LogP contribution is 2.28. The van der Waals surface area contributed by atoms with Crippen molar-refractivity contribution < 1.29 is 19.0 Å². The van der Waals surface area contributed by atoms with Crippen molar-refractivity contribution in [3.05, 3.63) is 48.0 Å². The fourth-order valence-electron chi connectivity index (χ4n) is 2.32. The Hall–Kier alpha value is -2.69. The summed E-state index contributed by atoms with van der Waals surface area (Å²) in [4.78, 5) is 12.1. The van der Waals surface area contributed by atoms with E-state index in [9.17, 15) is 4.79 Å². The molecule has 2 aromatic carbocycles. The summed E-state index contributed by atoms with van der Waals surface area (Å²) in [5, 5.41) is 2.88. The van der Waals surface area contributed by atoms with Crippen molar-refractivity contribution >= 4 is 11.6 Å². The molecular formula is C19H23NO4. The second kappa shape index (κ2) is 8.82. The Labute approximate surface area is 142 Å². The zero-order chi connectivity index (χ0) is 17.4. The predicted molar refractivity (Wildman–Crippen MR) is 94.1 cm³/mol. The van der Waals surface area contributed by atoms with Crippen molar-refractivity contribution in [1.82, 2.24) is 0 Å². The Bertz CT molecular complexity index is 668. The minimum Gasteiger partial charge on any atom is -0.494 e. The average molecular weight is 329 g/mol. The van der Waals surface area contributed by atoms with Gasteiger partial charge in [0.1, 0.15) is 5.75 Å². The van der Waals surface area contributed by atoms with E-state index in [2.05, 4.69) is 5.32 Å². The van der Waals surface area contributed by atoms with E-state index >= 15 is 0 Å². The first-order valence-electron chi connectivity index (χ1n) is 7.90. The van der Waals surface area contributed by atoms with Gasteiger partial charge >= 0.3 is 0 Å². The second-order valence-electron chi connectivity index (χ2n) is 5.19. The van der Waals surface area contributed by atoms with Gasteiger partial charge in [-0.3, -0.25) is 4.79 Å². The lowest BCUT2D eigenvalue weighted by Crippen LogP contribution is -2.12. The molecule has 0 aromatic heterocycles. The van der Waals surface area contributed by atoms with Gasteiger partial charge < -0.3 is 19.5 Å². The van der Waals surface area contributed by atoms with Crippen LogP contribution in [0.1, 0.15) is 18.9 Å². The van der Waals surface area contributed by atoms with Crippen molar-refractivity contribution in [2.75, 3.05) is 26.1 Å². The molecular weight excluding hydrogens is 306 g/mol. The summed E-state index contributed by atoms with van der Waals surface area (Å²) < 4.78 is 15.9. The van der Waals surface area contributed by atoms with E-state index in [-0.39, 0.29) is 5.91 Å². The van der Waals surface area contributed by atoms with Gasteiger partial charge in [-0.2, -0.15) is 0 Å². The van der Waals surface area contributed by atoms with Crippen LogP contribution in [-0.4, -0.2) is 26.7 Å². The van der Waals surface area contributed by atoms with Gasteiger partial charge in [0, 0.05) is 12.1 Å². The fraction of sp³-hybridized carbons (Fsp3) is 0.316. The molecule has 0 aliphatic carbocycles. The van der Waals surface area contributed by atoms with Gasteiger partial charge in [0.2, 0.25) is 5.91 Å². The molecule has 0 aliphatic heterocycles. The summed E-state index contributed by atoms with van der Waals surface area (Å²) in [6, 6.07) is 13.0. The highest BCUT2D eigenvalue weighted by atomic mass is 16.5. The van der Waals surface area contributed by atoms with Gasteiger partial charge in [-0.05, 0) is 55.3 Å². The predicted octanol–water partition coefficient (Wildman–Crippen LogP) is 3.67. The third-order valence-electron chi connectivity index (χ3n) is 3.54. The Balaban J connectivity index is 1.88. The lowest BCUT2D eigenvalue weighted by atomic mass is 10.1. The monoisotopic (exact) mass is 329 g/mol. The number of anilines is 1. The molecule has 0 saturated carbocycles. The second-order valence-corrected chi connectivity index (χ2v) is 5.19. The minimum atomic E-state index is -0.0334. The highest BCUT2D eigenvalue weighted by molar-refractivity contribution is 5.90. The molecule has 0 spiro atoms. The summed E-state index contributed by atoms with van der Waals surface area (Å²) in [6.07, 6.45) is 1.02. The number of carbonyl (C=O) groups is 1. The van der Waals surface area contributed by atoms with E-state index in [1.807, 2.05) is 49.4 Å². The fourth-order valence-corrected chi connectivity index (χ4v) is 2.32. The number of ether oxygens (including phenoxy) is 3. The van der Waals surface area contributed by atoms with Gasteiger partial charge in [-0.25, -0.2) is 0 Å². The van der Waals surface area contributed by atoms with Crippen LogP contribution in [0.3, 0.4) is 0 Å². The molecule has 0 fully saturated rings. The topological polar surface area (TPSA) is 56.8 Å². The Morgan fingerprint density at radius 2 is 1.71 bits per heavy atom. The minimum absolute atomic E-state index is 0.0334. The van der Waals surface area contributed by atoms with E-state index in [1.54, 1.807) is 14.2 Å². The normalized spacial score (nSPS) is 10.1. The van der Waals surface area contributed by atoms with Gasteiger partial charge in [0.25, 0.3) is 0 Å². The Kier molecular flexibility index (Phi) is 6.49. The first-order valence-corrected chi connectivity index (χ1v) is 7.90. The smallest absolute Gasteiger partial charge is 0.224 e. The number of rotatable bonds is 8. The average Bonchev–Trinajstić information content (AvgIpc) is 2.61. The molecule has 0 atom stereocenters. The number of aryl methyl sites for hydroxylation is 1. The van der Waals surface area contributed by atoms with E-state index < -0.39 is 0 Å². The Morgan fingerprint density at radius 1 is 1.00 bits per heavy atom. The zero-order valence-electron chi connectivity index (χ0n) is 14.3. The molecule has 5 nitrogen and oxygen atoms in total. The number of amides is 1. The first kappa shape index (κ1) is 17.7. The van der Waals surface area contributed by atoms with Crippen LogP contribution in [0.15, 0.2) is 42.5 Å². The summed E-state index contributed by atoms with van der Waals surface area (Å²) in [7, 11) is 3.20. The van der Waals surface area contributed by atoms with Crippen molar-refractivity contribution in [3.8, 4) is 17.2 Å². The molecule has 128 valence electrons. The standard InChI is InChI=1S/C19H23NO4/c1-4-24-16-9-7-15(8-10-16)20-19(21)12-6-14-5-11-17(22-2)18(13-14)23-3/h5,7-11,13H,4,6,12H2,1-3H3,(H,20,21). The van der Waals surface area contributed by atoms with Crippen LogP contribution in [0.5, 0.6) is 17.2 Å². The summed E-state index contributed by atoms with van der Waals surface area (Å²) in [5.41, 5.74) is 1.78. The Morgan fingerprint density at radius 3 is 2.33 bits per heavy atom. The van der Waals surface area contributed by atoms with Crippen LogP contribution >= 0.6 is 0 Å². The maximum Gasteiger partial charge on any atom is 0.224 e. The zero-order valence-corrected chi connectivity index (χ0v) is 14.3. The van der Waals surface area contributed by atoms with Gasteiger partial charge in [0.05, 0.1) is 20.8 Å². The molecule has 0 aliphatic rings. The molecule has 0 unspecified atom stereocenters. The van der Waals surface area contributed by atoms with Crippen molar-refractivity contribution in [1.29, 1.82) is 0 Å². The number of carbonyl (C=O) groups excluding carboxylic acids is 1. The van der Waals surface area contributed by atoms with Crippen molar-refractivity contribution in [2.45, 2.75) is 19.8 Å². The third kappa shape index (κ3) is 4.91. The van der Waals surface area contributed by atoms with Crippen LogP contribution in [0, 0.1) is 0 Å². The highest BCUT2D eigenvalue weighted by Gasteiger charge is 2.07. The van der Waals surface area contributed by atoms with Crippen LogP contribution in [0.2, 0.25) is 0 Å². The SMILES string of the molecule is CCOc1ccc(NC(=O)CCc2ccc(OC)c(OC)c2)cc1. The maximum absolute atomic E-state index is 12.1. The molecule has 0 saturated heterocycles. The van der Waals surface area contributed by atoms with Crippen LogP contribution < -0.4 is 19.5 Å². The lowest BCUT2D eigenvalue weighted by Gasteiger charge is -2.10. The molecule has 2 rings (SSSR count). The van der Waals surface area contributed by atoms with Crippen molar-refractivity contribution in [2.24, 2.45) is 0 Å². The van der Waals surface area contributed by atoms with E-state index in [0.717, 1.165) is 17.0 Å². The molecule has 0 bridgehead atoms. The molecule has 24 heavy (non-hydrogen) atoms. The summed E-state index contributed by atoms with van der Waals surface area (Å²) in [5.74, 6) is 2.11. The van der Waals surface area contributed by atoms with Crippen LogP contribution in [0.4, 0.5) is 5.69 Å². The first-order chi connectivity index (χ1) is 11.7. The largest absolute Gasteiger partial charge is 0.494 e. The molecule has 1 amide bonds. The summed E-state index contributed by atoms with van der Waals surface area (Å²) >= 11 is 0. The number of benzene rings is 2. The molecule has 1 N–H and O–H groups in total. The van der Waals surface area contributed by atoms with E-state index in [4.69, 9.17) is 14.2 Å². The van der Waals surface area contributed by atoms with Crippen LogP contribution in [-0.2, 0) is 11.2 Å². The molecule has 5 heteroatoms. The van der Waals surface area contributed by atoms with Crippen LogP contribution in [0.25, 0.3) is 0 Å². The lowest BCUT2D eigenvalue weighted by molar-refractivity contribution is -0.116. The molecule has 2 aromatic rings. The third-order valence-corrected chi connectivity index (χ3v) is 3.54.